The molecule has 1 aromatic carbocycles. The molecule has 1 saturated heterocycles. The van der Waals surface area contributed by atoms with E-state index >= 15 is 0 Å². The summed E-state index contributed by atoms with van der Waals surface area (Å²) >= 11 is 0. The maximum Gasteiger partial charge on any atom is 0.257 e. The number of morpholine rings is 1. The monoisotopic (exact) mass is 331 g/mol. The molecule has 1 fully saturated rings. The third-order valence-corrected chi connectivity index (χ3v) is 3.93. The first-order valence-electron chi connectivity index (χ1n) is 8.09. The summed E-state index contributed by atoms with van der Waals surface area (Å²) in [5, 5.41) is 3.79. The van der Waals surface area contributed by atoms with Crippen LogP contribution in [-0.2, 0) is 11.3 Å². The summed E-state index contributed by atoms with van der Waals surface area (Å²) in [7, 11) is 0. The second-order valence-electron chi connectivity index (χ2n) is 5.67. The minimum atomic E-state index is -0.0448. The number of hydrogen-bond donors (Lipinski definition) is 0. The van der Waals surface area contributed by atoms with Crippen LogP contribution in [0.15, 0.2) is 28.8 Å². The first kappa shape index (κ1) is 16.4. The molecule has 0 saturated carbocycles. The van der Waals surface area contributed by atoms with Crippen molar-refractivity contribution in [3.8, 4) is 5.75 Å². The minimum Gasteiger partial charge on any atom is -0.485 e. The molecule has 128 valence electrons. The van der Waals surface area contributed by atoms with Crippen LogP contribution in [-0.4, -0.2) is 46.7 Å². The number of ether oxygens (including phenoxy) is 2. The van der Waals surface area contributed by atoms with Crippen LogP contribution >= 0.6 is 0 Å². The first-order valence-corrected chi connectivity index (χ1v) is 8.09. The average molecular weight is 331 g/mol. The summed E-state index contributed by atoms with van der Waals surface area (Å²) in [5.74, 6) is 1.41. The number of para-hydroxylation sites is 1. The molecular formula is C17H21N3O4. The van der Waals surface area contributed by atoms with Crippen molar-refractivity contribution >= 4 is 5.91 Å². The topological polar surface area (TPSA) is 77.7 Å². The predicted molar refractivity (Wildman–Crippen MR) is 85.7 cm³/mol. The minimum absolute atomic E-state index is 0.0448. The zero-order valence-corrected chi connectivity index (χ0v) is 13.9. The lowest BCUT2D eigenvalue weighted by molar-refractivity contribution is -0.0227. The zero-order valence-electron chi connectivity index (χ0n) is 13.9. The van der Waals surface area contributed by atoms with Gasteiger partial charge in [-0.05, 0) is 18.6 Å². The molecule has 0 radical (unpaired) electrons. The molecule has 0 spiro atoms. The Bertz CT molecular complexity index is 701. The zero-order chi connectivity index (χ0) is 16.9. The van der Waals surface area contributed by atoms with Crippen molar-refractivity contribution in [3.05, 3.63) is 41.5 Å². The maximum atomic E-state index is 12.8. The summed E-state index contributed by atoms with van der Waals surface area (Å²) in [5.41, 5.74) is 0.537. The molecule has 0 aliphatic carbocycles. The van der Waals surface area contributed by atoms with Gasteiger partial charge in [0.25, 0.3) is 5.91 Å². The largest absolute Gasteiger partial charge is 0.485 e. The maximum absolute atomic E-state index is 12.8. The molecule has 24 heavy (non-hydrogen) atoms. The molecule has 1 atom stereocenters. The van der Waals surface area contributed by atoms with Crippen LogP contribution < -0.4 is 4.74 Å². The van der Waals surface area contributed by atoms with E-state index in [4.69, 9.17) is 14.0 Å². The van der Waals surface area contributed by atoms with E-state index in [1.165, 1.54) is 0 Å². The molecule has 1 aliphatic rings. The van der Waals surface area contributed by atoms with Crippen molar-refractivity contribution < 1.29 is 18.8 Å². The molecule has 7 nitrogen and oxygen atoms in total. The van der Waals surface area contributed by atoms with Gasteiger partial charge in [0.2, 0.25) is 11.7 Å². The quantitative estimate of drug-likeness (QED) is 0.836. The van der Waals surface area contributed by atoms with Gasteiger partial charge in [-0.3, -0.25) is 4.79 Å². The van der Waals surface area contributed by atoms with E-state index in [0.717, 1.165) is 6.42 Å². The second-order valence-corrected chi connectivity index (χ2v) is 5.67. The van der Waals surface area contributed by atoms with Gasteiger partial charge in [0.15, 0.2) is 6.61 Å². The summed E-state index contributed by atoms with van der Waals surface area (Å²) in [6.45, 7) is 5.69. The Labute approximate surface area is 140 Å². The number of rotatable bonds is 5. The van der Waals surface area contributed by atoms with Gasteiger partial charge in [-0.15, -0.1) is 0 Å². The van der Waals surface area contributed by atoms with Crippen LogP contribution in [0, 0.1) is 6.92 Å². The Morgan fingerprint density at radius 1 is 1.42 bits per heavy atom. The number of benzene rings is 1. The molecule has 3 rings (SSSR count). The summed E-state index contributed by atoms with van der Waals surface area (Å²) in [6, 6.07) is 7.21. The fourth-order valence-corrected chi connectivity index (χ4v) is 2.63. The number of carbonyl (C=O) groups excluding carboxylic acids is 1. The lowest BCUT2D eigenvalue weighted by Gasteiger charge is -2.32. The van der Waals surface area contributed by atoms with E-state index < -0.39 is 0 Å². The number of aromatic nitrogens is 2. The summed E-state index contributed by atoms with van der Waals surface area (Å²) in [4.78, 5) is 18.8. The molecule has 7 heteroatoms. The van der Waals surface area contributed by atoms with E-state index in [2.05, 4.69) is 17.1 Å². The van der Waals surface area contributed by atoms with Gasteiger partial charge in [-0.2, -0.15) is 4.98 Å². The van der Waals surface area contributed by atoms with E-state index in [0.29, 0.717) is 42.7 Å². The van der Waals surface area contributed by atoms with E-state index in [9.17, 15) is 4.79 Å². The third-order valence-electron chi connectivity index (χ3n) is 3.93. The van der Waals surface area contributed by atoms with E-state index in [1.54, 1.807) is 19.1 Å². The molecule has 2 aromatic rings. The van der Waals surface area contributed by atoms with Crippen LogP contribution in [0.4, 0.5) is 0 Å². The van der Waals surface area contributed by atoms with Crippen molar-refractivity contribution in [2.24, 2.45) is 0 Å². The van der Waals surface area contributed by atoms with Crippen LogP contribution in [0.5, 0.6) is 5.75 Å². The van der Waals surface area contributed by atoms with E-state index in [1.807, 2.05) is 17.0 Å². The number of aryl methyl sites for hydroxylation is 1. The molecule has 1 aliphatic heterocycles. The van der Waals surface area contributed by atoms with Gasteiger partial charge in [-0.25, -0.2) is 0 Å². The highest BCUT2D eigenvalue weighted by atomic mass is 16.5. The highest BCUT2D eigenvalue weighted by Crippen LogP contribution is 2.22. The Balaban J connectivity index is 1.72. The summed E-state index contributed by atoms with van der Waals surface area (Å²) < 4.78 is 16.3. The first-order chi connectivity index (χ1) is 11.7. The van der Waals surface area contributed by atoms with E-state index in [-0.39, 0.29) is 18.6 Å². The van der Waals surface area contributed by atoms with Crippen molar-refractivity contribution in [1.82, 2.24) is 15.0 Å². The van der Waals surface area contributed by atoms with Gasteiger partial charge in [0.1, 0.15) is 5.75 Å². The van der Waals surface area contributed by atoms with Gasteiger partial charge in [0, 0.05) is 20.0 Å². The fourth-order valence-electron chi connectivity index (χ4n) is 2.63. The van der Waals surface area contributed by atoms with Crippen molar-refractivity contribution in [2.45, 2.75) is 33.0 Å². The Morgan fingerprint density at radius 2 is 2.25 bits per heavy atom. The lowest BCUT2D eigenvalue weighted by Crippen LogP contribution is -2.45. The van der Waals surface area contributed by atoms with Gasteiger partial charge >= 0.3 is 0 Å². The SMILES string of the molecule is CC[C@@H]1CN(C(=O)c2ccccc2OCc2noc(C)n2)CCO1. The molecule has 0 bridgehead atoms. The summed E-state index contributed by atoms with van der Waals surface area (Å²) in [6.07, 6.45) is 0.983. The number of hydrogen-bond acceptors (Lipinski definition) is 6. The molecule has 1 amide bonds. The Hall–Kier alpha value is -2.41. The average Bonchev–Trinajstić information content (AvgIpc) is 3.05. The number of nitrogens with zero attached hydrogens (tertiary/aromatic N) is 3. The van der Waals surface area contributed by atoms with Crippen LogP contribution in [0.25, 0.3) is 0 Å². The number of carbonyl (C=O) groups is 1. The standard InChI is InChI=1S/C17H21N3O4/c1-3-13-10-20(8-9-22-13)17(21)14-6-4-5-7-15(14)23-11-16-18-12(2)24-19-16/h4-7,13H,3,8-11H2,1-2H3/t13-/m1/s1. The second kappa shape index (κ2) is 7.44. The van der Waals surface area contributed by atoms with Gasteiger partial charge < -0.3 is 18.9 Å². The van der Waals surface area contributed by atoms with Crippen LogP contribution in [0.3, 0.4) is 0 Å². The highest BCUT2D eigenvalue weighted by molar-refractivity contribution is 5.97. The molecular weight excluding hydrogens is 310 g/mol. The lowest BCUT2D eigenvalue weighted by atomic mass is 10.1. The third kappa shape index (κ3) is 3.73. The Morgan fingerprint density at radius 3 is 3.00 bits per heavy atom. The van der Waals surface area contributed by atoms with Crippen LogP contribution in [0.2, 0.25) is 0 Å². The van der Waals surface area contributed by atoms with Crippen molar-refractivity contribution in [1.29, 1.82) is 0 Å². The molecule has 1 aromatic heterocycles. The van der Waals surface area contributed by atoms with Crippen LogP contribution in [0.1, 0.15) is 35.4 Å². The molecule has 0 unspecified atom stereocenters. The molecule has 2 heterocycles. The van der Waals surface area contributed by atoms with Gasteiger partial charge in [-0.1, -0.05) is 24.2 Å². The fraction of sp³-hybridized carbons (Fsp3) is 0.471. The van der Waals surface area contributed by atoms with Crippen molar-refractivity contribution in [3.63, 3.8) is 0 Å². The predicted octanol–water partition coefficient (Wildman–Crippen LogP) is 2.21. The number of amides is 1. The normalized spacial score (nSPS) is 17.8. The Kier molecular flexibility index (Phi) is 5.10. The van der Waals surface area contributed by atoms with Gasteiger partial charge in [0.05, 0.1) is 18.3 Å². The smallest absolute Gasteiger partial charge is 0.257 e. The molecule has 0 N–H and O–H groups in total. The highest BCUT2D eigenvalue weighted by Gasteiger charge is 2.25. The van der Waals surface area contributed by atoms with Crippen molar-refractivity contribution in [2.75, 3.05) is 19.7 Å².